The molecule has 1 aromatic heterocycles. The molecule has 5 heteroatoms. The molecule has 1 aliphatic rings. The molecule has 1 fully saturated rings. The lowest BCUT2D eigenvalue weighted by Crippen LogP contribution is -2.50. The van der Waals surface area contributed by atoms with Gasteiger partial charge in [0.15, 0.2) is 0 Å². The Morgan fingerprint density at radius 3 is 3.22 bits per heavy atom. The maximum absolute atomic E-state index is 5.07. The van der Waals surface area contributed by atoms with E-state index in [1.165, 1.54) is 18.5 Å². The number of aromatic nitrogens is 2. The van der Waals surface area contributed by atoms with E-state index in [1.54, 1.807) is 7.11 Å². The number of nitrogens with zero attached hydrogens (tertiary/aromatic N) is 3. The van der Waals surface area contributed by atoms with Crippen molar-refractivity contribution in [2.45, 2.75) is 32.4 Å². The fraction of sp³-hybridized carbons (Fsp3) is 0.769. The average molecular weight is 252 g/mol. The van der Waals surface area contributed by atoms with Gasteiger partial charge in [-0.3, -0.25) is 4.68 Å². The Morgan fingerprint density at radius 2 is 2.44 bits per heavy atom. The molecule has 0 amide bonds. The highest BCUT2D eigenvalue weighted by Gasteiger charge is 2.19. The summed E-state index contributed by atoms with van der Waals surface area (Å²) < 4.78 is 7.02. The first-order valence-corrected chi connectivity index (χ1v) is 6.83. The molecule has 1 aliphatic heterocycles. The van der Waals surface area contributed by atoms with Crippen LogP contribution in [0, 0.1) is 0 Å². The molecular weight excluding hydrogens is 228 g/mol. The number of hydrogen-bond donors (Lipinski definition) is 1. The minimum absolute atomic E-state index is 0.617. The Balaban J connectivity index is 1.91. The molecule has 0 aliphatic carbocycles. The van der Waals surface area contributed by atoms with Crippen molar-refractivity contribution in [1.82, 2.24) is 15.1 Å². The third-order valence-electron chi connectivity index (χ3n) is 3.40. The summed E-state index contributed by atoms with van der Waals surface area (Å²) in [7, 11) is 1.72. The number of piperazine rings is 1. The van der Waals surface area contributed by atoms with Gasteiger partial charge in [0.25, 0.3) is 0 Å². The lowest BCUT2D eigenvalue weighted by atomic mass is 10.1. The maximum Gasteiger partial charge on any atom is 0.0753 e. The van der Waals surface area contributed by atoms with Crippen molar-refractivity contribution in [2.75, 3.05) is 38.3 Å². The van der Waals surface area contributed by atoms with Crippen LogP contribution in [0.5, 0.6) is 0 Å². The van der Waals surface area contributed by atoms with Crippen molar-refractivity contribution in [3.05, 3.63) is 12.4 Å². The van der Waals surface area contributed by atoms with Crippen LogP contribution < -0.4 is 10.2 Å². The van der Waals surface area contributed by atoms with Crippen LogP contribution in [-0.2, 0) is 11.3 Å². The summed E-state index contributed by atoms with van der Waals surface area (Å²) in [5, 5.41) is 7.95. The second kappa shape index (κ2) is 6.75. The van der Waals surface area contributed by atoms with Gasteiger partial charge in [-0.1, -0.05) is 13.3 Å². The zero-order valence-electron chi connectivity index (χ0n) is 11.4. The second-order valence-electron chi connectivity index (χ2n) is 4.84. The van der Waals surface area contributed by atoms with Crippen LogP contribution in [0.2, 0.25) is 0 Å². The summed E-state index contributed by atoms with van der Waals surface area (Å²) in [6.45, 7) is 6.99. The first kappa shape index (κ1) is 13.4. The molecule has 5 nitrogen and oxygen atoms in total. The van der Waals surface area contributed by atoms with Gasteiger partial charge in [-0.15, -0.1) is 0 Å². The summed E-state index contributed by atoms with van der Waals surface area (Å²) in [4.78, 5) is 2.42. The van der Waals surface area contributed by atoms with E-state index in [-0.39, 0.29) is 0 Å². The molecule has 1 atom stereocenters. The molecule has 1 aromatic rings. The van der Waals surface area contributed by atoms with E-state index in [1.807, 2.05) is 10.9 Å². The summed E-state index contributed by atoms with van der Waals surface area (Å²) in [5.41, 5.74) is 1.23. The van der Waals surface area contributed by atoms with Gasteiger partial charge in [-0.2, -0.15) is 5.10 Å². The molecule has 2 heterocycles. The van der Waals surface area contributed by atoms with Gasteiger partial charge in [0.1, 0.15) is 0 Å². The number of rotatable bonds is 6. The molecule has 1 saturated heterocycles. The van der Waals surface area contributed by atoms with Crippen LogP contribution in [0.1, 0.15) is 19.8 Å². The smallest absolute Gasteiger partial charge is 0.0753 e. The monoisotopic (exact) mass is 252 g/mol. The minimum Gasteiger partial charge on any atom is -0.383 e. The van der Waals surface area contributed by atoms with Gasteiger partial charge in [0.2, 0.25) is 0 Å². The van der Waals surface area contributed by atoms with Crippen molar-refractivity contribution in [1.29, 1.82) is 0 Å². The predicted molar refractivity (Wildman–Crippen MR) is 73.0 cm³/mol. The zero-order chi connectivity index (χ0) is 12.8. The third-order valence-corrected chi connectivity index (χ3v) is 3.40. The Kier molecular flexibility index (Phi) is 5.01. The van der Waals surface area contributed by atoms with E-state index in [4.69, 9.17) is 4.74 Å². The molecule has 0 saturated carbocycles. The summed E-state index contributed by atoms with van der Waals surface area (Å²) in [6, 6.07) is 0.617. The molecule has 0 spiro atoms. The largest absolute Gasteiger partial charge is 0.383 e. The Morgan fingerprint density at radius 1 is 1.56 bits per heavy atom. The number of ether oxygens (including phenoxy) is 1. The van der Waals surface area contributed by atoms with Gasteiger partial charge in [0, 0.05) is 39.0 Å². The second-order valence-corrected chi connectivity index (χ2v) is 4.84. The molecule has 1 unspecified atom stereocenters. The highest BCUT2D eigenvalue weighted by Crippen LogP contribution is 2.16. The molecule has 2 rings (SSSR count). The van der Waals surface area contributed by atoms with Crippen molar-refractivity contribution >= 4 is 5.69 Å². The third kappa shape index (κ3) is 3.46. The number of nitrogens with one attached hydrogen (secondary N) is 1. The van der Waals surface area contributed by atoms with Crippen LogP contribution in [-0.4, -0.2) is 49.2 Å². The van der Waals surface area contributed by atoms with Gasteiger partial charge in [-0.25, -0.2) is 0 Å². The van der Waals surface area contributed by atoms with Crippen LogP contribution in [0.25, 0.3) is 0 Å². The Labute approximate surface area is 109 Å². The lowest BCUT2D eigenvalue weighted by Gasteiger charge is -2.34. The van der Waals surface area contributed by atoms with E-state index in [0.29, 0.717) is 12.6 Å². The van der Waals surface area contributed by atoms with E-state index in [9.17, 15) is 0 Å². The van der Waals surface area contributed by atoms with Crippen molar-refractivity contribution < 1.29 is 4.74 Å². The molecule has 1 N–H and O–H groups in total. The van der Waals surface area contributed by atoms with Gasteiger partial charge < -0.3 is 15.0 Å². The maximum atomic E-state index is 5.07. The Hall–Kier alpha value is -1.07. The zero-order valence-corrected chi connectivity index (χ0v) is 11.4. The fourth-order valence-corrected chi connectivity index (χ4v) is 2.42. The normalized spacial score (nSPS) is 20.3. The molecule has 0 bridgehead atoms. The first-order chi connectivity index (χ1) is 8.83. The number of methoxy groups -OCH3 is 1. The molecule has 0 aromatic carbocycles. The SMILES string of the molecule is CCCC1CN(c2cnn(CCOC)c2)CCN1. The van der Waals surface area contributed by atoms with Gasteiger partial charge in [0.05, 0.1) is 25.0 Å². The number of hydrogen-bond acceptors (Lipinski definition) is 4. The van der Waals surface area contributed by atoms with Crippen LogP contribution in [0.15, 0.2) is 12.4 Å². The molecule has 102 valence electrons. The van der Waals surface area contributed by atoms with Crippen molar-refractivity contribution in [2.24, 2.45) is 0 Å². The van der Waals surface area contributed by atoms with Crippen LogP contribution >= 0.6 is 0 Å². The summed E-state index contributed by atoms with van der Waals surface area (Å²) in [6.07, 6.45) is 6.56. The highest BCUT2D eigenvalue weighted by molar-refractivity contribution is 5.43. The Bertz CT molecular complexity index is 351. The molecular formula is C13H24N4O. The van der Waals surface area contributed by atoms with E-state index in [0.717, 1.165) is 26.2 Å². The summed E-state index contributed by atoms with van der Waals surface area (Å²) in [5.74, 6) is 0. The van der Waals surface area contributed by atoms with E-state index < -0.39 is 0 Å². The van der Waals surface area contributed by atoms with E-state index >= 15 is 0 Å². The highest BCUT2D eigenvalue weighted by atomic mass is 16.5. The van der Waals surface area contributed by atoms with E-state index in [2.05, 4.69) is 28.4 Å². The fourth-order valence-electron chi connectivity index (χ4n) is 2.42. The van der Waals surface area contributed by atoms with Crippen LogP contribution in [0.4, 0.5) is 5.69 Å². The standard InChI is InChI=1S/C13H24N4O/c1-3-4-12-10-16(6-5-14-12)13-9-15-17(11-13)7-8-18-2/h9,11-12,14H,3-8,10H2,1-2H3. The molecule has 18 heavy (non-hydrogen) atoms. The lowest BCUT2D eigenvalue weighted by molar-refractivity contribution is 0.183. The summed E-state index contributed by atoms with van der Waals surface area (Å²) >= 11 is 0. The van der Waals surface area contributed by atoms with Gasteiger partial charge in [-0.05, 0) is 6.42 Å². The van der Waals surface area contributed by atoms with Crippen molar-refractivity contribution in [3.63, 3.8) is 0 Å². The van der Waals surface area contributed by atoms with Crippen molar-refractivity contribution in [3.8, 4) is 0 Å². The quantitative estimate of drug-likeness (QED) is 0.823. The molecule has 0 radical (unpaired) electrons. The topological polar surface area (TPSA) is 42.3 Å². The van der Waals surface area contributed by atoms with Crippen LogP contribution in [0.3, 0.4) is 0 Å². The predicted octanol–water partition coefficient (Wildman–Crippen LogP) is 1.11. The minimum atomic E-state index is 0.617. The number of anilines is 1. The average Bonchev–Trinajstić information content (AvgIpc) is 2.86. The van der Waals surface area contributed by atoms with Gasteiger partial charge >= 0.3 is 0 Å². The first-order valence-electron chi connectivity index (χ1n) is 6.83.